The Bertz CT molecular complexity index is 414. The standard InChI is InChI=1S/C13H15BrClIO2/c1-2-13(17,6-3-7-15)9-18-12-5-4-10(14)8-11(12)16/h2,4-5,8,17H,1,3,6-7,9H2. The Morgan fingerprint density at radius 3 is 2.83 bits per heavy atom. The van der Waals surface area contributed by atoms with E-state index < -0.39 is 5.60 Å². The summed E-state index contributed by atoms with van der Waals surface area (Å²) >= 11 is 11.2. The van der Waals surface area contributed by atoms with Crippen molar-refractivity contribution in [1.82, 2.24) is 0 Å². The maximum absolute atomic E-state index is 10.2. The van der Waals surface area contributed by atoms with E-state index in [0.717, 1.165) is 20.2 Å². The van der Waals surface area contributed by atoms with Gasteiger partial charge in [0.1, 0.15) is 18.0 Å². The number of alkyl halides is 1. The molecule has 1 rings (SSSR count). The summed E-state index contributed by atoms with van der Waals surface area (Å²) in [7, 11) is 0. The van der Waals surface area contributed by atoms with Gasteiger partial charge in [-0.15, -0.1) is 18.2 Å². The van der Waals surface area contributed by atoms with Crippen LogP contribution in [0.25, 0.3) is 0 Å². The fourth-order valence-corrected chi connectivity index (χ4v) is 2.99. The lowest BCUT2D eigenvalue weighted by atomic mass is 9.99. The summed E-state index contributed by atoms with van der Waals surface area (Å²) in [5.74, 6) is 1.27. The van der Waals surface area contributed by atoms with Crippen LogP contribution in [0.5, 0.6) is 5.75 Å². The minimum atomic E-state index is -1.02. The predicted octanol–water partition coefficient (Wildman–Crippen LogP) is 4.37. The third kappa shape index (κ3) is 5.07. The van der Waals surface area contributed by atoms with E-state index in [1.54, 1.807) is 0 Å². The van der Waals surface area contributed by atoms with E-state index in [-0.39, 0.29) is 6.61 Å². The van der Waals surface area contributed by atoms with Gasteiger partial charge in [0.05, 0.1) is 3.57 Å². The third-order valence-electron chi connectivity index (χ3n) is 2.49. The molecular formula is C13H15BrClIO2. The molecule has 2 nitrogen and oxygen atoms in total. The zero-order valence-corrected chi connectivity index (χ0v) is 14.3. The van der Waals surface area contributed by atoms with Crippen molar-refractivity contribution in [2.24, 2.45) is 0 Å². The van der Waals surface area contributed by atoms with Crippen LogP contribution in [0.1, 0.15) is 12.8 Å². The highest BCUT2D eigenvalue weighted by molar-refractivity contribution is 14.1. The fraction of sp³-hybridized carbons (Fsp3) is 0.385. The minimum Gasteiger partial charge on any atom is -0.489 e. The molecule has 0 saturated heterocycles. The van der Waals surface area contributed by atoms with Crippen LogP contribution in [0.2, 0.25) is 0 Å². The number of aliphatic hydroxyl groups is 1. The normalized spacial score (nSPS) is 14.0. The van der Waals surface area contributed by atoms with E-state index in [4.69, 9.17) is 16.3 Å². The highest BCUT2D eigenvalue weighted by atomic mass is 127. The number of hydrogen-bond acceptors (Lipinski definition) is 2. The Morgan fingerprint density at radius 2 is 2.28 bits per heavy atom. The molecule has 0 aliphatic carbocycles. The van der Waals surface area contributed by atoms with Crippen molar-refractivity contribution in [2.75, 3.05) is 12.5 Å². The maximum Gasteiger partial charge on any atom is 0.132 e. The van der Waals surface area contributed by atoms with Crippen molar-refractivity contribution < 1.29 is 9.84 Å². The zero-order valence-electron chi connectivity index (χ0n) is 9.83. The average molecular weight is 446 g/mol. The lowest BCUT2D eigenvalue weighted by molar-refractivity contribution is 0.0300. The Balaban J connectivity index is 2.64. The lowest BCUT2D eigenvalue weighted by Gasteiger charge is -2.24. The molecule has 1 unspecified atom stereocenters. The molecule has 1 N–H and O–H groups in total. The molecule has 0 aliphatic rings. The molecule has 1 atom stereocenters. The molecule has 0 spiro atoms. The summed E-state index contributed by atoms with van der Waals surface area (Å²) < 4.78 is 7.64. The van der Waals surface area contributed by atoms with Gasteiger partial charge in [-0.25, -0.2) is 0 Å². The van der Waals surface area contributed by atoms with Gasteiger partial charge in [-0.05, 0) is 53.6 Å². The summed E-state index contributed by atoms with van der Waals surface area (Å²) in [6.45, 7) is 3.84. The van der Waals surface area contributed by atoms with Gasteiger partial charge in [-0.1, -0.05) is 22.0 Å². The van der Waals surface area contributed by atoms with Gasteiger partial charge >= 0.3 is 0 Å². The lowest BCUT2D eigenvalue weighted by Crippen LogP contribution is -2.33. The van der Waals surface area contributed by atoms with E-state index in [2.05, 4.69) is 45.1 Å². The van der Waals surface area contributed by atoms with E-state index in [1.807, 2.05) is 18.2 Å². The van der Waals surface area contributed by atoms with Gasteiger partial charge in [-0.3, -0.25) is 0 Å². The maximum atomic E-state index is 10.2. The van der Waals surface area contributed by atoms with Crippen LogP contribution in [0.15, 0.2) is 35.3 Å². The second kappa shape index (κ2) is 7.72. The largest absolute Gasteiger partial charge is 0.489 e. The van der Waals surface area contributed by atoms with Gasteiger partial charge in [0.25, 0.3) is 0 Å². The van der Waals surface area contributed by atoms with Crippen molar-refractivity contribution in [2.45, 2.75) is 18.4 Å². The van der Waals surface area contributed by atoms with Crippen LogP contribution in [0, 0.1) is 3.57 Å². The summed E-state index contributed by atoms with van der Waals surface area (Å²) in [6, 6.07) is 5.74. The number of halogens is 3. The van der Waals surface area contributed by atoms with E-state index in [9.17, 15) is 5.11 Å². The van der Waals surface area contributed by atoms with Crippen LogP contribution >= 0.6 is 50.1 Å². The molecule has 0 fully saturated rings. The first-order valence-electron chi connectivity index (χ1n) is 5.50. The second-order valence-corrected chi connectivity index (χ2v) is 6.42. The van der Waals surface area contributed by atoms with Crippen LogP contribution in [0.4, 0.5) is 0 Å². The quantitative estimate of drug-likeness (QED) is 0.384. The van der Waals surface area contributed by atoms with Gasteiger partial charge in [0, 0.05) is 10.4 Å². The third-order valence-corrected chi connectivity index (χ3v) is 4.10. The molecule has 5 heteroatoms. The monoisotopic (exact) mass is 444 g/mol. The predicted molar refractivity (Wildman–Crippen MR) is 87.5 cm³/mol. The molecular weight excluding hydrogens is 430 g/mol. The topological polar surface area (TPSA) is 29.5 Å². The molecule has 0 amide bonds. The van der Waals surface area contributed by atoms with Crippen molar-refractivity contribution in [3.63, 3.8) is 0 Å². The number of rotatable bonds is 7. The van der Waals surface area contributed by atoms with Crippen molar-refractivity contribution in [3.05, 3.63) is 38.9 Å². The number of ether oxygens (including phenoxy) is 1. The first-order valence-corrected chi connectivity index (χ1v) is 7.91. The van der Waals surface area contributed by atoms with Crippen LogP contribution in [-0.2, 0) is 0 Å². The SMILES string of the molecule is C=CC(O)(CCCCl)COc1ccc(Br)cc1I. The Morgan fingerprint density at radius 1 is 1.56 bits per heavy atom. The Hall–Kier alpha value is 0.220. The summed E-state index contributed by atoms with van der Waals surface area (Å²) in [4.78, 5) is 0. The van der Waals surface area contributed by atoms with Crippen molar-refractivity contribution in [1.29, 1.82) is 0 Å². The van der Waals surface area contributed by atoms with Crippen LogP contribution in [0.3, 0.4) is 0 Å². The smallest absolute Gasteiger partial charge is 0.132 e. The molecule has 0 aliphatic heterocycles. The van der Waals surface area contributed by atoms with Gasteiger partial charge in [-0.2, -0.15) is 0 Å². The molecule has 1 aromatic rings. The summed E-state index contributed by atoms with van der Waals surface area (Å²) in [6.07, 6.45) is 2.79. The van der Waals surface area contributed by atoms with Crippen molar-refractivity contribution in [3.8, 4) is 5.75 Å². The van der Waals surface area contributed by atoms with Gasteiger partial charge < -0.3 is 9.84 Å². The molecule has 0 saturated carbocycles. The first kappa shape index (κ1) is 16.3. The number of benzene rings is 1. The fourth-order valence-electron chi connectivity index (χ4n) is 1.40. The number of hydrogen-bond donors (Lipinski definition) is 1. The molecule has 0 radical (unpaired) electrons. The Labute approximate surface area is 135 Å². The molecule has 0 bridgehead atoms. The van der Waals surface area contributed by atoms with Crippen LogP contribution < -0.4 is 4.74 Å². The second-order valence-electron chi connectivity index (χ2n) is 3.96. The van der Waals surface area contributed by atoms with E-state index in [1.165, 1.54) is 6.08 Å². The molecule has 0 heterocycles. The average Bonchev–Trinajstić information content (AvgIpc) is 2.35. The van der Waals surface area contributed by atoms with Crippen LogP contribution in [-0.4, -0.2) is 23.2 Å². The Kier molecular flexibility index (Phi) is 6.98. The van der Waals surface area contributed by atoms with Crippen molar-refractivity contribution >= 4 is 50.1 Å². The highest BCUT2D eigenvalue weighted by Gasteiger charge is 2.23. The molecule has 0 aromatic heterocycles. The zero-order chi connectivity index (χ0) is 13.6. The minimum absolute atomic E-state index is 0.186. The van der Waals surface area contributed by atoms with E-state index >= 15 is 0 Å². The first-order chi connectivity index (χ1) is 8.50. The molecule has 1 aromatic carbocycles. The van der Waals surface area contributed by atoms with Gasteiger partial charge in [0.2, 0.25) is 0 Å². The van der Waals surface area contributed by atoms with E-state index in [0.29, 0.717) is 12.3 Å². The summed E-state index contributed by atoms with van der Waals surface area (Å²) in [5, 5.41) is 10.2. The summed E-state index contributed by atoms with van der Waals surface area (Å²) in [5.41, 5.74) is -1.02. The highest BCUT2D eigenvalue weighted by Crippen LogP contribution is 2.26. The van der Waals surface area contributed by atoms with Gasteiger partial charge in [0.15, 0.2) is 0 Å². The molecule has 18 heavy (non-hydrogen) atoms. The molecule has 100 valence electrons.